The number of rotatable bonds is 6. The lowest BCUT2D eigenvalue weighted by Crippen LogP contribution is -2.40. The SMILES string of the molecule is CC(NC(=O)CSCc1nc2sc3c(c2c(=O)[nH]1)CCC3)C1CC2CCC1C2. The molecular formula is C21H27N3O2S2. The number of carbonyl (C=O) groups excluding carboxylic acids is 1. The summed E-state index contributed by atoms with van der Waals surface area (Å²) in [7, 11) is 0. The molecule has 0 aliphatic heterocycles. The van der Waals surface area contributed by atoms with E-state index < -0.39 is 0 Å². The summed E-state index contributed by atoms with van der Waals surface area (Å²) in [5.74, 6) is 4.13. The van der Waals surface area contributed by atoms with E-state index in [1.807, 2.05) is 0 Å². The number of hydrogen-bond acceptors (Lipinski definition) is 5. The molecule has 150 valence electrons. The highest BCUT2D eigenvalue weighted by Crippen LogP contribution is 2.49. The predicted octanol–water partition coefficient (Wildman–Crippen LogP) is 3.65. The van der Waals surface area contributed by atoms with Crippen molar-refractivity contribution in [1.82, 2.24) is 15.3 Å². The van der Waals surface area contributed by atoms with Crippen molar-refractivity contribution in [2.45, 2.75) is 63.7 Å². The van der Waals surface area contributed by atoms with Gasteiger partial charge < -0.3 is 10.3 Å². The van der Waals surface area contributed by atoms with E-state index in [1.54, 1.807) is 11.3 Å². The van der Waals surface area contributed by atoms with Crippen LogP contribution in [0.1, 0.15) is 55.3 Å². The molecule has 7 heteroatoms. The highest BCUT2D eigenvalue weighted by atomic mass is 32.2. The Morgan fingerprint density at radius 2 is 2.25 bits per heavy atom. The molecule has 4 unspecified atom stereocenters. The van der Waals surface area contributed by atoms with E-state index >= 15 is 0 Å². The number of thioether (sulfide) groups is 1. The Hall–Kier alpha value is -1.34. The van der Waals surface area contributed by atoms with Gasteiger partial charge in [0.25, 0.3) is 5.56 Å². The number of nitrogens with zero attached hydrogens (tertiary/aromatic N) is 1. The minimum Gasteiger partial charge on any atom is -0.353 e. The molecule has 28 heavy (non-hydrogen) atoms. The molecule has 3 aliphatic rings. The van der Waals surface area contributed by atoms with Crippen LogP contribution in [0, 0.1) is 17.8 Å². The largest absolute Gasteiger partial charge is 0.353 e. The highest BCUT2D eigenvalue weighted by molar-refractivity contribution is 7.99. The van der Waals surface area contributed by atoms with Crippen molar-refractivity contribution in [3.63, 3.8) is 0 Å². The zero-order chi connectivity index (χ0) is 19.3. The maximum atomic E-state index is 12.5. The first-order chi connectivity index (χ1) is 13.6. The van der Waals surface area contributed by atoms with E-state index in [-0.39, 0.29) is 17.5 Å². The third-order valence-corrected chi connectivity index (χ3v) is 9.05. The first-order valence-electron chi connectivity index (χ1n) is 10.5. The summed E-state index contributed by atoms with van der Waals surface area (Å²) in [5.41, 5.74) is 1.19. The van der Waals surface area contributed by atoms with Crippen molar-refractivity contribution in [2.24, 2.45) is 17.8 Å². The second-order valence-corrected chi connectivity index (χ2v) is 10.8. The fourth-order valence-corrected chi connectivity index (χ4v) is 7.65. The molecule has 2 heterocycles. The molecule has 2 bridgehead atoms. The number of hydrogen-bond donors (Lipinski definition) is 2. The molecule has 0 saturated heterocycles. The molecule has 1 amide bonds. The summed E-state index contributed by atoms with van der Waals surface area (Å²) in [5, 5.41) is 4.00. The molecule has 3 aliphatic carbocycles. The van der Waals surface area contributed by atoms with Gasteiger partial charge in [0, 0.05) is 10.9 Å². The highest BCUT2D eigenvalue weighted by Gasteiger charge is 2.42. The molecule has 0 aromatic carbocycles. The van der Waals surface area contributed by atoms with Crippen LogP contribution in [0.4, 0.5) is 0 Å². The molecule has 0 radical (unpaired) electrons. The smallest absolute Gasteiger partial charge is 0.259 e. The zero-order valence-corrected chi connectivity index (χ0v) is 17.9. The lowest BCUT2D eigenvalue weighted by atomic mass is 9.84. The monoisotopic (exact) mass is 417 g/mol. The first kappa shape index (κ1) is 18.7. The van der Waals surface area contributed by atoms with Crippen LogP contribution < -0.4 is 10.9 Å². The summed E-state index contributed by atoms with van der Waals surface area (Å²) in [6, 6.07) is 0.270. The summed E-state index contributed by atoms with van der Waals surface area (Å²) in [6.45, 7) is 2.16. The summed E-state index contributed by atoms with van der Waals surface area (Å²) >= 11 is 3.19. The van der Waals surface area contributed by atoms with Gasteiger partial charge in [-0.05, 0) is 68.8 Å². The van der Waals surface area contributed by atoms with Gasteiger partial charge in [0.2, 0.25) is 5.91 Å². The minimum atomic E-state index is -0.0191. The molecule has 5 rings (SSSR count). The number of aromatic nitrogens is 2. The van der Waals surface area contributed by atoms with Gasteiger partial charge in [-0.15, -0.1) is 23.1 Å². The van der Waals surface area contributed by atoms with Crippen molar-refractivity contribution in [3.05, 3.63) is 26.6 Å². The fraction of sp³-hybridized carbons (Fsp3) is 0.667. The molecule has 2 aromatic rings. The van der Waals surface area contributed by atoms with Crippen molar-refractivity contribution in [2.75, 3.05) is 5.75 Å². The lowest BCUT2D eigenvalue weighted by Gasteiger charge is -2.28. The van der Waals surface area contributed by atoms with E-state index in [4.69, 9.17) is 0 Å². The average Bonchev–Trinajstić information content (AvgIpc) is 3.41. The van der Waals surface area contributed by atoms with Crippen LogP contribution in [0.2, 0.25) is 0 Å². The van der Waals surface area contributed by atoms with Crippen LogP contribution in [0.25, 0.3) is 10.2 Å². The van der Waals surface area contributed by atoms with Crippen molar-refractivity contribution in [3.8, 4) is 0 Å². The van der Waals surface area contributed by atoms with Gasteiger partial charge in [-0.25, -0.2) is 4.98 Å². The maximum absolute atomic E-state index is 12.5. The Morgan fingerprint density at radius 1 is 1.36 bits per heavy atom. The summed E-state index contributed by atoms with van der Waals surface area (Å²) in [6.07, 6.45) is 8.60. The normalized spacial score (nSPS) is 26.7. The third kappa shape index (κ3) is 3.41. The Kier molecular flexibility index (Phi) is 4.99. The third-order valence-electron chi connectivity index (χ3n) is 6.92. The Labute approximate surface area is 173 Å². The van der Waals surface area contributed by atoms with E-state index in [9.17, 15) is 9.59 Å². The number of thiophene rings is 1. The van der Waals surface area contributed by atoms with Gasteiger partial charge in [-0.2, -0.15) is 0 Å². The van der Waals surface area contributed by atoms with E-state index in [0.29, 0.717) is 23.2 Å². The van der Waals surface area contributed by atoms with Gasteiger partial charge in [0.05, 0.1) is 16.9 Å². The minimum absolute atomic E-state index is 0.0191. The number of amides is 1. The van der Waals surface area contributed by atoms with Gasteiger partial charge in [-0.3, -0.25) is 9.59 Å². The van der Waals surface area contributed by atoms with Gasteiger partial charge >= 0.3 is 0 Å². The molecule has 2 aromatic heterocycles. The summed E-state index contributed by atoms with van der Waals surface area (Å²) in [4.78, 5) is 34.6. The van der Waals surface area contributed by atoms with Gasteiger partial charge in [0.15, 0.2) is 0 Å². The number of aryl methyl sites for hydroxylation is 2. The van der Waals surface area contributed by atoms with Gasteiger partial charge in [0.1, 0.15) is 10.7 Å². The van der Waals surface area contributed by atoms with Crippen LogP contribution in [-0.2, 0) is 23.4 Å². The topological polar surface area (TPSA) is 74.8 Å². The molecule has 0 spiro atoms. The summed E-state index contributed by atoms with van der Waals surface area (Å²) < 4.78 is 0. The number of aromatic amines is 1. The molecule has 2 fully saturated rings. The van der Waals surface area contributed by atoms with Gasteiger partial charge in [-0.1, -0.05) is 6.42 Å². The standard InChI is InChI=1S/C21H27N3O2S2/c1-11(15-8-12-5-6-13(15)7-12)22-18(25)10-27-9-17-23-20(26)19-14-3-2-4-16(14)28-21(19)24-17/h11-13,15H,2-10H2,1H3,(H,22,25)(H,23,24,26). The fourth-order valence-electron chi connectivity index (χ4n) is 5.66. The first-order valence-corrected chi connectivity index (χ1v) is 12.5. The van der Waals surface area contributed by atoms with E-state index in [0.717, 1.165) is 41.3 Å². The van der Waals surface area contributed by atoms with Crippen LogP contribution in [0.5, 0.6) is 0 Å². The molecule has 2 saturated carbocycles. The van der Waals surface area contributed by atoms with E-state index in [1.165, 1.54) is 47.9 Å². The average molecular weight is 418 g/mol. The van der Waals surface area contributed by atoms with Crippen LogP contribution in [-0.4, -0.2) is 27.7 Å². The maximum Gasteiger partial charge on any atom is 0.259 e. The van der Waals surface area contributed by atoms with Crippen molar-refractivity contribution < 1.29 is 4.79 Å². The van der Waals surface area contributed by atoms with Crippen molar-refractivity contribution >= 4 is 39.2 Å². The van der Waals surface area contributed by atoms with Crippen LogP contribution in [0.3, 0.4) is 0 Å². The number of nitrogens with one attached hydrogen (secondary N) is 2. The Bertz CT molecular complexity index is 966. The Morgan fingerprint density at radius 3 is 3.04 bits per heavy atom. The Balaban J connectivity index is 1.16. The zero-order valence-electron chi connectivity index (χ0n) is 16.3. The van der Waals surface area contributed by atoms with Crippen molar-refractivity contribution in [1.29, 1.82) is 0 Å². The molecule has 2 N–H and O–H groups in total. The second kappa shape index (κ2) is 7.48. The number of fused-ring (bicyclic) bond motifs is 5. The second-order valence-electron chi connectivity index (χ2n) is 8.74. The number of carbonyl (C=O) groups is 1. The quantitative estimate of drug-likeness (QED) is 0.752. The van der Waals surface area contributed by atoms with Crippen LogP contribution >= 0.6 is 23.1 Å². The molecule has 4 atom stereocenters. The predicted molar refractivity (Wildman–Crippen MR) is 115 cm³/mol. The molecular weight excluding hydrogens is 390 g/mol. The molecule has 5 nitrogen and oxygen atoms in total. The van der Waals surface area contributed by atoms with E-state index in [2.05, 4.69) is 22.2 Å². The number of H-pyrrole nitrogens is 1. The lowest BCUT2D eigenvalue weighted by molar-refractivity contribution is -0.119. The van der Waals surface area contributed by atoms with Crippen LogP contribution in [0.15, 0.2) is 4.79 Å².